The molecule has 0 saturated carbocycles. The number of piperidine rings is 2. The van der Waals surface area contributed by atoms with Crippen molar-refractivity contribution in [2.24, 2.45) is 5.92 Å². The molecule has 2 unspecified atom stereocenters. The number of urea groups is 1. The number of nitrogens with one attached hydrogen (secondary N) is 1. The lowest BCUT2D eigenvalue weighted by Gasteiger charge is -2.37. The summed E-state index contributed by atoms with van der Waals surface area (Å²) in [5.74, 6) is 0.0740. The lowest BCUT2D eigenvalue weighted by Crippen LogP contribution is -2.53. The van der Waals surface area contributed by atoms with Crippen molar-refractivity contribution in [1.82, 2.24) is 10.2 Å². The number of benzene rings is 1. The first-order valence-corrected chi connectivity index (χ1v) is 9.27. The molecule has 2 heterocycles. The summed E-state index contributed by atoms with van der Waals surface area (Å²) in [5, 5.41) is 12.8. The summed E-state index contributed by atoms with van der Waals surface area (Å²) in [4.78, 5) is 16.4. The van der Waals surface area contributed by atoms with Crippen molar-refractivity contribution >= 4 is 11.7 Å². The highest BCUT2D eigenvalue weighted by atomic mass is 19.1. The number of likely N-dealkylation sites (tertiary alicyclic amines) is 1. The number of aliphatic hydroxyl groups is 1. The summed E-state index contributed by atoms with van der Waals surface area (Å²) < 4.78 is 14.0. The van der Waals surface area contributed by atoms with Gasteiger partial charge in [-0.1, -0.05) is 12.1 Å². The average Bonchev–Trinajstić information content (AvgIpc) is 2.62. The fourth-order valence-electron chi connectivity index (χ4n) is 3.87. The number of nitrogens with zero attached hydrogens (tertiary/aromatic N) is 2. The smallest absolute Gasteiger partial charge is 0.317 e. The number of para-hydroxylation sites is 1. The number of amides is 2. The molecule has 2 saturated heterocycles. The first-order chi connectivity index (χ1) is 12.0. The summed E-state index contributed by atoms with van der Waals surface area (Å²) in [5.41, 5.74) is 0.610. The number of rotatable bonds is 3. The van der Waals surface area contributed by atoms with Gasteiger partial charge in [-0.2, -0.15) is 0 Å². The van der Waals surface area contributed by atoms with E-state index in [9.17, 15) is 14.3 Å². The van der Waals surface area contributed by atoms with E-state index in [0.29, 0.717) is 25.3 Å². The molecule has 2 N–H and O–H groups in total. The molecule has 3 rings (SSSR count). The molecule has 6 heteroatoms. The second-order valence-electron chi connectivity index (χ2n) is 7.25. The second kappa shape index (κ2) is 8.04. The zero-order chi connectivity index (χ0) is 17.8. The van der Waals surface area contributed by atoms with Crippen LogP contribution in [0.5, 0.6) is 0 Å². The SMILES string of the molecule is CC(O)C1CCN(C(=O)NC2CCCN(c3ccccc3F)C2)CC1. The van der Waals surface area contributed by atoms with E-state index in [4.69, 9.17) is 0 Å². The second-order valence-corrected chi connectivity index (χ2v) is 7.25. The van der Waals surface area contributed by atoms with E-state index in [-0.39, 0.29) is 29.9 Å². The molecule has 2 fully saturated rings. The Balaban J connectivity index is 1.53. The van der Waals surface area contributed by atoms with Gasteiger partial charge < -0.3 is 20.2 Å². The monoisotopic (exact) mass is 349 g/mol. The molecular formula is C19H28FN3O2. The first kappa shape index (κ1) is 18.0. The minimum Gasteiger partial charge on any atom is -0.393 e. The molecule has 25 heavy (non-hydrogen) atoms. The van der Waals surface area contributed by atoms with Crippen LogP contribution in [0.25, 0.3) is 0 Å². The van der Waals surface area contributed by atoms with Gasteiger partial charge in [0.15, 0.2) is 0 Å². The van der Waals surface area contributed by atoms with Gasteiger partial charge in [-0.15, -0.1) is 0 Å². The Labute approximate surface area is 148 Å². The van der Waals surface area contributed by atoms with Crippen LogP contribution >= 0.6 is 0 Å². The molecule has 0 aliphatic carbocycles. The molecular weight excluding hydrogens is 321 g/mol. The van der Waals surface area contributed by atoms with E-state index >= 15 is 0 Å². The van der Waals surface area contributed by atoms with Gasteiger partial charge in [-0.05, 0) is 50.7 Å². The van der Waals surface area contributed by atoms with Gasteiger partial charge in [-0.25, -0.2) is 9.18 Å². The maximum Gasteiger partial charge on any atom is 0.317 e. The average molecular weight is 349 g/mol. The third kappa shape index (κ3) is 4.42. The molecule has 0 aromatic heterocycles. The highest BCUT2D eigenvalue weighted by molar-refractivity contribution is 5.74. The zero-order valence-corrected chi connectivity index (χ0v) is 14.8. The summed E-state index contributed by atoms with van der Waals surface area (Å²) in [6, 6.07) is 6.80. The van der Waals surface area contributed by atoms with E-state index in [2.05, 4.69) is 5.32 Å². The fraction of sp³-hybridized carbons (Fsp3) is 0.632. The summed E-state index contributed by atoms with van der Waals surface area (Å²) >= 11 is 0. The predicted molar refractivity (Wildman–Crippen MR) is 96.1 cm³/mol. The van der Waals surface area contributed by atoms with Gasteiger partial charge in [0.25, 0.3) is 0 Å². The Morgan fingerprint density at radius 2 is 1.96 bits per heavy atom. The molecule has 0 bridgehead atoms. The molecule has 1 aromatic rings. The van der Waals surface area contributed by atoms with Crippen LogP contribution in [0.1, 0.15) is 32.6 Å². The molecule has 0 radical (unpaired) electrons. The topological polar surface area (TPSA) is 55.8 Å². The van der Waals surface area contributed by atoms with Gasteiger partial charge in [0.2, 0.25) is 0 Å². The van der Waals surface area contributed by atoms with E-state index < -0.39 is 0 Å². The van der Waals surface area contributed by atoms with Gasteiger partial charge in [0.05, 0.1) is 11.8 Å². The molecule has 138 valence electrons. The van der Waals surface area contributed by atoms with Crippen molar-refractivity contribution in [3.63, 3.8) is 0 Å². The molecule has 1 aromatic carbocycles. The van der Waals surface area contributed by atoms with Crippen molar-refractivity contribution < 1.29 is 14.3 Å². The van der Waals surface area contributed by atoms with Crippen LogP contribution in [0, 0.1) is 11.7 Å². The van der Waals surface area contributed by atoms with E-state index in [1.54, 1.807) is 12.1 Å². The minimum atomic E-state index is -0.308. The lowest BCUT2D eigenvalue weighted by atomic mass is 9.92. The molecule has 2 aliphatic heterocycles. The van der Waals surface area contributed by atoms with Crippen molar-refractivity contribution in [2.45, 2.75) is 44.8 Å². The zero-order valence-electron chi connectivity index (χ0n) is 14.8. The normalized spacial score (nSPS) is 23.4. The third-order valence-corrected chi connectivity index (χ3v) is 5.45. The van der Waals surface area contributed by atoms with Crippen LogP contribution in [0.3, 0.4) is 0 Å². The van der Waals surface area contributed by atoms with Crippen LogP contribution in [0.4, 0.5) is 14.9 Å². The van der Waals surface area contributed by atoms with Crippen LogP contribution in [-0.4, -0.2) is 54.4 Å². The standard InChI is InChI=1S/C19H28FN3O2/c1-14(24)15-8-11-22(12-9-15)19(25)21-16-5-4-10-23(13-16)18-7-3-2-6-17(18)20/h2-3,6-7,14-16,24H,4-5,8-13H2,1H3,(H,21,25). The minimum absolute atomic E-state index is 0.0374. The Kier molecular flexibility index (Phi) is 5.78. The Morgan fingerprint density at radius 1 is 1.24 bits per heavy atom. The van der Waals surface area contributed by atoms with Crippen molar-refractivity contribution in [1.29, 1.82) is 0 Å². The van der Waals surface area contributed by atoms with Crippen LogP contribution in [0.15, 0.2) is 24.3 Å². The highest BCUT2D eigenvalue weighted by Gasteiger charge is 2.28. The number of carbonyl (C=O) groups is 1. The Morgan fingerprint density at radius 3 is 2.64 bits per heavy atom. The number of hydrogen-bond acceptors (Lipinski definition) is 3. The van der Waals surface area contributed by atoms with Crippen LogP contribution < -0.4 is 10.2 Å². The van der Waals surface area contributed by atoms with Crippen molar-refractivity contribution in [3.05, 3.63) is 30.1 Å². The van der Waals surface area contributed by atoms with Crippen molar-refractivity contribution in [3.8, 4) is 0 Å². The van der Waals surface area contributed by atoms with E-state index in [1.165, 1.54) is 6.07 Å². The molecule has 5 nitrogen and oxygen atoms in total. The number of hydrogen-bond donors (Lipinski definition) is 2. The highest BCUT2D eigenvalue weighted by Crippen LogP contribution is 2.24. The number of carbonyl (C=O) groups excluding carboxylic acids is 1. The molecule has 2 atom stereocenters. The number of aliphatic hydroxyl groups excluding tert-OH is 1. The lowest BCUT2D eigenvalue weighted by molar-refractivity contribution is 0.0792. The van der Waals surface area contributed by atoms with Crippen LogP contribution in [0.2, 0.25) is 0 Å². The Bertz CT molecular complexity index is 588. The largest absolute Gasteiger partial charge is 0.393 e. The van der Waals surface area contributed by atoms with Crippen LogP contribution in [-0.2, 0) is 0 Å². The summed E-state index contributed by atoms with van der Waals surface area (Å²) in [6.07, 6.45) is 3.23. The van der Waals surface area contributed by atoms with E-state index in [1.807, 2.05) is 22.8 Å². The first-order valence-electron chi connectivity index (χ1n) is 9.27. The Hall–Kier alpha value is -1.82. The van der Waals surface area contributed by atoms with Gasteiger partial charge >= 0.3 is 6.03 Å². The fourth-order valence-corrected chi connectivity index (χ4v) is 3.87. The quantitative estimate of drug-likeness (QED) is 0.882. The molecule has 0 spiro atoms. The molecule has 2 aliphatic rings. The van der Waals surface area contributed by atoms with Gasteiger partial charge in [0.1, 0.15) is 5.82 Å². The predicted octanol–water partition coefficient (Wildman–Crippen LogP) is 2.60. The maximum absolute atomic E-state index is 14.0. The summed E-state index contributed by atoms with van der Waals surface area (Å²) in [7, 11) is 0. The number of halogens is 1. The third-order valence-electron chi connectivity index (χ3n) is 5.45. The molecule has 2 amide bonds. The van der Waals surface area contributed by atoms with E-state index in [0.717, 1.165) is 32.2 Å². The van der Waals surface area contributed by atoms with Gasteiger partial charge in [0, 0.05) is 32.2 Å². The summed E-state index contributed by atoms with van der Waals surface area (Å²) in [6.45, 7) is 4.64. The van der Waals surface area contributed by atoms with Gasteiger partial charge in [-0.3, -0.25) is 0 Å². The number of anilines is 1. The van der Waals surface area contributed by atoms with Crippen molar-refractivity contribution in [2.75, 3.05) is 31.1 Å². The maximum atomic E-state index is 14.0.